The van der Waals surface area contributed by atoms with Crippen LogP contribution < -0.4 is 5.32 Å². The lowest BCUT2D eigenvalue weighted by atomic mass is 9.79. The maximum absolute atomic E-state index is 13.7. The van der Waals surface area contributed by atoms with Gasteiger partial charge in [-0.2, -0.15) is 0 Å². The molecule has 0 spiro atoms. The highest BCUT2D eigenvalue weighted by Gasteiger charge is 2.47. The van der Waals surface area contributed by atoms with Crippen LogP contribution in [0.3, 0.4) is 0 Å². The van der Waals surface area contributed by atoms with Crippen LogP contribution in [0.5, 0.6) is 0 Å². The summed E-state index contributed by atoms with van der Waals surface area (Å²) in [5.41, 5.74) is 2.21. The van der Waals surface area contributed by atoms with Gasteiger partial charge in [0.2, 0.25) is 11.8 Å². The Labute approximate surface area is 230 Å². The lowest BCUT2D eigenvalue weighted by molar-refractivity contribution is -0.142. The number of amides is 4. The van der Waals surface area contributed by atoms with Gasteiger partial charge < -0.3 is 10.2 Å². The number of nitrogens with zero attached hydrogens (tertiary/aromatic N) is 2. The topological polar surface area (TPSA) is 69.7 Å². The third-order valence-electron chi connectivity index (χ3n) is 8.65. The average Bonchev–Trinajstić information content (AvgIpc) is 2.94. The number of benzene rings is 2. The normalized spacial score (nSPS) is 25.7. The first-order valence-corrected chi connectivity index (χ1v) is 14.6. The summed E-state index contributed by atoms with van der Waals surface area (Å²) in [4.78, 5) is 43.4. The number of halogens is 1. The summed E-state index contributed by atoms with van der Waals surface area (Å²) in [7, 11) is 0. The van der Waals surface area contributed by atoms with Crippen LogP contribution in [-0.4, -0.2) is 46.8 Å². The molecule has 1 saturated heterocycles. The molecule has 2 unspecified atom stereocenters. The van der Waals surface area contributed by atoms with Crippen LogP contribution in [-0.2, 0) is 22.6 Å². The van der Waals surface area contributed by atoms with E-state index in [1.54, 1.807) is 0 Å². The number of imide groups is 1. The number of rotatable bonds is 8. The quantitative estimate of drug-likeness (QED) is 0.462. The monoisotopic (exact) mass is 535 g/mol. The fourth-order valence-corrected chi connectivity index (χ4v) is 6.75. The number of hydrogen-bond donors (Lipinski definition) is 1. The van der Waals surface area contributed by atoms with Crippen molar-refractivity contribution in [1.82, 2.24) is 15.1 Å². The number of urea groups is 1. The van der Waals surface area contributed by atoms with Gasteiger partial charge in [-0.15, -0.1) is 0 Å². The molecule has 3 fully saturated rings. The zero-order valence-electron chi connectivity index (χ0n) is 22.0. The predicted octanol–water partition coefficient (Wildman–Crippen LogP) is 5.83. The van der Waals surface area contributed by atoms with Gasteiger partial charge in [0, 0.05) is 36.6 Å². The number of hydrogen-bond acceptors (Lipinski definition) is 3. The van der Waals surface area contributed by atoms with E-state index in [1.165, 1.54) is 10.5 Å². The van der Waals surface area contributed by atoms with Gasteiger partial charge in [-0.05, 0) is 74.1 Å². The van der Waals surface area contributed by atoms with Gasteiger partial charge in [0.1, 0.15) is 0 Å². The molecule has 0 bridgehead atoms. The molecule has 0 radical (unpaired) electrons. The first kappa shape index (κ1) is 26.7. The molecule has 6 nitrogen and oxygen atoms in total. The van der Waals surface area contributed by atoms with E-state index >= 15 is 0 Å². The van der Waals surface area contributed by atoms with E-state index < -0.39 is 0 Å². The number of nitrogens with one attached hydrogen (secondary N) is 1. The van der Waals surface area contributed by atoms with Crippen molar-refractivity contribution in [1.29, 1.82) is 0 Å². The molecule has 4 amide bonds. The molecule has 202 valence electrons. The van der Waals surface area contributed by atoms with Crippen LogP contribution in [0.1, 0.15) is 62.5 Å². The smallest absolute Gasteiger partial charge is 0.327 e. The molecule has 3 aliphatic rings. The second-order valence-electron chi connectivity index (χ2n) is 11.2. The number of carbonyl (C=O) groups is 3. The van der Waals surface area contributed by atoms with E-state index in [1.807, 2.05) is 47.4 Å². The molecule has 2 atom stereocenters. The third-order valence-corrected chi connectivity index (χ3v) is 8.88. The maximum atomic E-state index is 13.7. The van der Waals surface area contributed by atoms with Gasteiger partial charge in [0.25, 0.3) is 0 Å². The predicted molar refractivity (Wildman–Crippen MR) is 148 cm³/mol. The Kier molecular flexibility index (Phi) is 8.68. The van der Waals surface area contributed by atoms with Gasteiger partial charge in [0.15, 0.2) is 0 Å². The largest absolute Gasteiger partial charge is 0.356 e. The molecule has 2 saturated carbocycles. The summed E-state index contributed by atoms with van der Waals surface area (Å²) in [6, 6.07) is 17.6. The van der Waals surface area contributed by atoms with Crippen molar-refractivity contribution in [2.24, 2.45) is 17.8 Å². The molecule has 2 aromatic rings. The highest BCUT2D eigenvalue weighted by atomic mass is 35.5. The van der Waals surface area contributed by atoms with Crippen molar-refractivity contribution in [2.45, 2.75) is 70.4 Å². The van der Waals surface area contributed by atoms with Gasteiger partial charge >= 0.3 is 6.03 Å². The lowest BCUT2D eigenvalue weighted by Crippen LogP contribution is -2.62. The zero-order valence-corrected chi connectivity index (χ0v) is 22.7. The number of fused-ring (bicyclic) bond motifs is 1. The van der Waals surface area contributed by atoms with Crippen LogP contribution in [0.4, 0.5) is 4.79 Å². The molecule has 5 rings (SSSR count). The Morgan fingerprint density at radius 3 is 2.39 bits per heavy atom. The summed E-state index contributed by atoms with van der Waals surface area (Å²) in [5.74, 6) is 0.263. The van der Waals surface area contributed by atoms with Crippen molar-refractivity contribution in [2.75, 3.05) is 13.1 Å². The van der Waals surface area contributed by atoms with E-state index in [9.17, 15) is 14.4 Å². The van der Waals surface area contributed by atoms with Crippen molar-refractivity contribution in [3.63, 3.8) is 0 Å². The van der Waals surface area contributed by atoms with Crippen molar-refractivity contribution >= 4 is 29.4 Å². The van der Waals surface area contributed by atoms with E-state index in [0.717, 1.165) is 63.4 Å². The highest BCUT2D eigenvalue weighted by Crippen LogP contribution is 2.37. The highest BCUT2D eigenvalue weighted by molar-refractivity contribution is 6.30. The second kappa shape index (κ2) is 12.3. The van der Waals surface area contributed by atoms with Crippen LogP contribution in [0.2, 0.25) is 5.02 Å². The van der Waals surface area contributed by atoms with Crippen LogP contribution in [0.15, 0.2) is 54.6 Å². The summed E-state index contributed by atoms with van der Waals surface area (Å²) in [6.07, 6.45) is 7.94. The van der Waals surface area contributed by atoms with Crippen molar-refractivity contribution in [3.8, 4) is 0 Å². The summed E-state index contributed by atoms with van der Waals surface area (Å²) >= 11 is 6.21. The Bertz CT molecular complexity index is 1130. The van der Waals surface area contributed by atoms with Gasteiger partial charge in [-0.3, -0.25) is 14.5 Å². The molecular weight excluding hydrogens is 498 g/mol. The Morgan fingerprint density at radius 2 is 1.63 bits per heavy atom. The molecule has 1 N–H and O–H groups in total. The average molecular weight is 536 g/mol. The maximum Gasteiger partial charge on any atom is 0.327 e. The fraction of sp³-hybridized carbons (Fsp3) is 0.516. The Hall–Kier alpha value is -2.86. The van der Waals surface area contributed by atoms with Crippen LogP contribution >= 0.6 is 11.6 Å². The van der Waals surface area contributed by atoms with Gasteiger partial charge in [-0.1, -0.05) is 66.9 Å². The zero-order chi connectivity index (χ0) is 26.5. The van der Waals surface area contributed by atoms with Crippen LogP contribution in [0, 0.1) is 17.8 Å². The molecule has 1 aliphatic heterocycles. The van der Waals surface area contributed by atoms with E-state index in [-0.39, 0.29) is 41.6 Å². The number of carbonyl (C=O) groups excluding carboxylic acids is 3. The third kappa shape index (κ3) is 6.23. The van der Waals surface area contributed by atoms with Crippen molar-refractivity contribution < 1.29 is 14.4 Å². The summed E-state index contributed by atoms with van der Waals surface area (Å²) in [5, 5.41) is 3.76. The molecule has 2 aliphatic carbocycles. The van der Waals surface area contributed by atoms with E-state index in [0.29, 0.717) is 24.7 Å². The standard InChI is InChI=1S/C31H38ClN3O3/c32-26-10-6-9-24(19-26)21-34-28-12-5-4-11-27(28)30(37)35(31(34)38)20-23-13-15-25(16-14-23)29(36)33-18-17-22-7-2-1-3-8-22/h1-3,6-10,19,23,25,27-28H,4-5,11-18,20-21H2,(H,33,36). The first-order valence-electron chi connectivity index (χ1n) is 14.2. The summed E-state index contributed by atoms with van der Waals surface area (Å²) in [6.45, 7) is 1.57. The first-order chi connectivity index (χ1) is 18.5. The fourth-order valence-electron chi connectivity index (χ4n) is 6.53. The molecule has 1 heterocycles. The molecule has 2 aromatic carbocycles. The lowest BCUT2D eigenvalue weighted by Gasteiger charge is -2.47. The minimum atomic E-state index is -0.168. The van der Waals surface area contributed by atoms with E-state index in [2.05, 4.69) is 17.4 Å². The molecule has 0 aromatic heterocycles. The minimum absolute atomic E-state index is 0.00261. The minimum Gasteiger partial charge on any atom is -0.356 e. The SMILES string of the molecule is O=C(NCCc1ccccc1)C1CCC(CN2C(=O)C3CCCCC3N(Cc3cccc(Cl)c3)C2=O)CC1. The summed E-state index contributed by atoms with van der Waals surface area (Å²) < 4.78 is 0. The molecule has 38 heavy (non-hydrogen) atoms. The van der Waals surface area contributed by atoms with Gasteiger partial charge in [0.05, 0.1) is 5.92 Å². The van der Waals surface area contributed by atoms with Crippen molar-refractivity contribution in [3.05, 3.63) is 70.7 Å². The molecule has 7 heteroatoms. The van der Waals surface area contributed by atoms with Crippen LogP contribution in [0.25, 0.3) is 0 Å². The van der Waals surface area contributed by atoms with Gasteiger partial charge in [-0.25, -0.2) is 4.79 Å². The molecular formula is C31H38ClN3O3. The Morgan fingerprint density at radius 1 is 0.895 bits per heavy atom. The second-order valence-corrected chi connectivity index (χ2v) is 11.6. The Balaban J connectivity index is 1.17. The van der Waals surface area contributed by atoms with E-state index in [4.69, 9.17) is 11.6 Å².